The lowest BCUT2D eigenvalue weighted by atomic mass is 9.82. The highest BCUT2D eigenvalue weighted by Gasteiger charge is 2.25. The lowest BCUT2D eigenvalue weighted by molar-refractivity contribution is 0.276. The van der Waals surface area contributed by atoms with Gasteiger partial charge in [0, 0.05) is 6.04 Å². The van der Waals surface area contributed by atoms with Gasteiger partial charge in [0.05, 0.1) is 0 Å². The first-order chi connectivity index (χ1) is 6.95. The molecule has 0 bridgehead atoms. The fourth-order valence-electron chi connectivity index (χ4n) is 1.81. The molecule has 0 aromatic heterocycles. The van der Waals surface area contributed by atoms with E-state index in [9.17, 15) is 4.39 Å². The molecule has 1 aromatic rings. The maximum atomic E-state index is 13.1. The predicted octanol–water partition coefficient (Wildman–Crippen LogP) is 3.52. The van der Waals surface area contributed by atoms with Crippen molar-refractivity contribution in [3.8, 4) is 0 Å². The van der Waals surface area contributed by atoms with E-state index in [-0.39, 0.29) is 17.3 Å². The third kappa shape index (κ3) is 3.31. The van der Waals surface area contributed by atoms with Crippen LogP contribution in [-0.4, -0.2) is 6.54 Å². The number of rotatable bonds is 3. The van der Waals surface area contributed by atoms with Gasteiger partial charge in [0.15, 0.2) is 0 Å². The summed E-state index contributed by atoms with van der Waals surface area (Å²) in [6.07, 6.45) is 0. The van der Waals surface area contributed by atoms with Gasteiger partial charge < -0.3 is 5.32 Å². The van der Waals surface area contributed by atoms with Gasteiger partial charge >= 0.3 is 0 Å². The molecule has 84 valence electrons. The Hall–Kier alpha value is -0.890. The Labute approximate surface area is 91.7 Å². The van der Waals surface area contributed by atoms with Gasteiger partial charge in [-0.25, -0.2) is 4.39 Å². The Bertz CT molecular complexity index is 315. The van der Waals surface area contributed by atoms with Gasteiger partial charge in [-0.2, -0.15) is 0 Å². The third-order valence-electron chi connectivity index (χ3n) is 2.46. The van der Waals surface area contributed by atoms with Crippen LogP contribution in [0.5, 0.6) is 0 Å². The summed E-state index contributed by atoms with van der Waals surface area (Å²) >= 11 is 0. The zero-order chi connectivity index (χ0) is 11.5. The molecule has 1 nitrogen and oxygen atoms in total. The standard InChI is InChI=1S/C13H20FN/c1-5-15-12(13(2,3)4)10-7-6-8-11(14)9-10/h6-9,12,15H,5H2,1-4H3. The Morgan fingerprint density at radius 1 is 1.33 bits per heavy atom. The van der Waals surface area contributed by atoms with Crippen LogP contribution in [0, 0.1) is 11.2 Å². The highest BCUT2D eigenvalue weighted by molar-refractivity contribution is 5.21. The first kappa shape index (κ1) is 12.2. The summed E-state index contributed by atoms with van der Waals surface area (Å²) in [5.74, 6) is -0.167. The van der Waals surface area contributed by atoms with Crippen LogP contribution in [-0.2, 0) is 0 Å². The first-order valence-corrected chi connectivity index (χ1v) is 5.44. The van der Waals surface area contributed by atoms with Gasteiger partial charge in [0.2, 0.25) is 0 Å². The van der Waals surface area contributed by atoms with Crippen LogP contribution in [0.1, 0.15) is 39.3 Å². The zero-order valence-electron chi connectivity index (χ0n) is 9.97. The summed E-state index contributed by atoms with van der Waals surface area (Å²) in [5.41, 5.74) is 1.11. The van der Waals surface area contributed by atoms with Crippen molar-refractivity contribution in [2.75, 3.05) is 6.54 Å². The Morgan fingerprint density at radius 3 is 2.47 bits per heavy atom. The summed E-state index contributed by atoms with van der Waals surface area (Å²) in [5, 5.41) is 3.40. The van der Waals surface area contributed by atoms with E-state index in [1.807, 2.05) is 6.07 Å². The average molecular weight is 209 g/mol. The van der Waals surface area contributed by atoms with Crippen molar-refractivity contribution in [3.05, 3.63) is 35.6 Å². The maximum Gasteiger partial charge on any atom is 0.123 e. The van der Waals surface area contributed by atoms with E-state index in [1.54, 1.807) is 12.1 Å². The van der Waals surface area contributed by atoms with Crippen LogP contribution in [0.3, 0.4) is 0 Å². The van der Waals surface area contributed by atoms with Gasteiger partial charge in [-0.1, -0.05) is 39.8 Å². The molecule has 0 heterocycles. The highest BCUT2D eigenvalue weighted by atomic mass is 19.1. The minimum absolute atomic E-state index is 0.0871. The topological polar surface area (TPSA) is 12.0 Å². The summed E-state index contributed by atoms with van der Waals surface area (Å²) in [6, 6.07) is 7.02. The van der Waals surface area contributed by atoms with Crippen molar-refractivity contribution in [3.63, 3.8) is 0 Å². The molecular formula is C13H20FN. The van der Waals surface area contributed by atoms with Crippen LogP contribution < -0.4 is 5.32 Å². The number of hydrogen-bond acceptors (Lipinski definition) is 1. The maximum absolute atomic E-state index is 13.1. The van der Waals surface area contributed by atoms with Gasteiger partial charge in [0.25, 0.3) is 0 Å². The van der Waals surface area contributed by atoms with Crippen molar-refractivity contribution < 1.29 is 4.39 Å². The van der Waals surface area contributed by atoms with Crippen molar-refractivity contribution in [1.29, 1.82) is 0 Å². The quantitative estimate of drug-likeness (QED) is 0.803. The number of halogens is 1. The van der Waals surface area contributed by atoms with Crippen molar-refractivity contribution in [2.24, 2.45) is 5.41 Å². The third-order valence-corrected chi connectivity index (χ3v) is 2.46. The first-order valence-electron chi connectivity index (χ1n) is 5.44. The number of benzene rings is 1. The SMILES string of the molecule is CCNC(c1cccc(F)c1)C(C)(C)C. The molecule has 2 heteroatoms. The average Bonchev–Trinajstić information content (AvgIpc) is 2.12. The lowest BCUT2D eigenvalue weighted by Crippen LogP contribution is -2.32. The van der Waals surface area contributed by atoms with E-state index in [2.05, 4.69) is 33.0 Å². The molecular weight excluding hydrogens is 189 g/mol. The Balaban J connectivity index is 2.99. The smallest absolute Gasteiger partial charge is 0.123 e. The van der Waals surface area contributed by atoms with Crippen LogP contribution in [0.25, 0.3) is 0 Å². The molecule has 0 amide bonds. The van der Waals surface area contributed by atoms with E-state index in [0.29, 0.717) is 0 Å². The van der Waals surface area contributed by atoms with Crippen molar-refractivity contribution in [2.45, 2.75) is 33.7 Å². The minimum atomic E-state index is -0.167. The Kier molecular flexibility index (Phi) is 3.86. The predicted molar refractivity (Wildman–Crippen MR) is 62.3 cm³/mol. The highest BCUT2D eigenvalue weighted by Crippen LogP contribution is 2.32. The molecule has 0 aliphatic carbocycles. The molecule has 0 aliphatic rings. The molecule has 1 N–H and O–H groups in total. The van der Waals surface area contributed by atoms with Crippen molar-refractivity contribution >= 4 is 0 Å². The fourth-order valence-corrected chi connectivity index (χ4v) is 1.81. The van der Waals surface area contributed by atoms with E-state index in [4.69, 9.17) is 0 Å². The van der Waals surface area contributed by atoms with E-state index in [0.717, 1.165) is 12.1 Å². The summed E-state index contributed by atoms with van der Waals surface area (Å²) in [6.45, 7) is 9.43. The zero-order valence-corrected chi connectivity index (χ0v) is 9.97. The molecule has 0 saturated heterocycles. The molecule has 1 unspecified atom stereocenters. The van der Waals surface area contributed by atoms with Crippen LogP contribution in [0.15, 0.2) is 24.3 Å². The fraction of sp³-hybridized carbons (Fsp3) is 0.538. The number of nitrogens with one attached hydrogen (secondary N) is 1. The molecule has 0 aliphatic heterocycles. The summed E-state index contributed by atoms with van der Waals surface area (Å²) < 4.78 is 13.1. The Morgan fingerprint density at radius 2 is 2.00 bits per heavy atom. The molecule has 1 aromatic carbocycles. The van der Waals surface area contributed by atoms with Crippen molar-refractivity contribution in [1.82, 2.24) is 5.32 Å². The molecule has 15 heavy (non-hydrogen) atoms. The summed E-state index contributed by atoms with van der Waals surface area (Å²) in [4.78, 5) is 0. The molecule has 1 rings (SSSR count). The second-order valence-corrected chi connectivity index (χ2v) is 4.91. The van der Waals surface area contributed by atoms with E-state index >= 15 is 0 Å². The number of hydrogen-bond donors (Lipinski definition) is 1. The van der Waals surface area contributed by atoms with Gasteiger partial charge in [-0.15, -0.1) is 0 Å². The normalized spacial score (nSPS) is 13.9. The molecule has 0 spiro atoms. The monoisotopic (exact) mass is 209 g/mol. The molecule has 1 atom stereocenters. The summed E-state index contributed by atoms with van der Waals surface area (Å²) in [7, 11) is 0. The lowest BCUT2D eigenvalue weighted by Gasteiger charge is -2.31. The molecule has 0 radical (unpaired) electrons. The second kappa shape index (κ2) is 4.75. The second-order valence-electron chi connectivity index (χ2n) is 4.91. The van der Waals surface area contributed by atoms with Crippen LogP contribution in [0.4, 0.5) is 4.39 Å². The van der Waals surface area contributed by atoms with Gasteiger partial charge in [0.1, 0.15) is 5.82 Å². The van der Waals surface area contributed by atoms with Gasteiger partial charge in [-0.3, -0.25) is 0 Å². The molecule has 0 saturated carbocycles. The van der Waals surface area contributed by atoms with E-state index < -0.39 is 0 Å². The van der Waals surface area contributed by atoms with E-state index in [1.165, 1.54) is 6.07 Å². The van der Waals surface area contributed by atoms with Gasteiger partial charge in [-0.05, 0) is 29.7 Å². The van der Waals surface area contributed by atoms with Crippen LogP contribution in [0.2, 0.25) is 0 Å². The largest absolute Gasteiger partial charge is 0.310 e. The van der Waals surface area contributed by atoms with Crippen LogP contribution >= 0.6 is 0 Å². The molecule has 0 fully saturated rings. The minimum Gasteiger partial charge on any atom is -0.310 e.